The van der Waals surface area contributed by atoms with Gasteiger partial charge in [-0.2, -0.15) is 0 Å². The van der Waals surface area contributed by atoms with Crippen LogP contribution in [-0.4, -0.2) is 51.9 Å². The van der Waals surface area contributed by atoms with Crippen LogP contribution in [0.5, 0.6) is 11.5 Å². The van der Waals surface area contributed by atoms with E-state index in [9.17, 15) is 0 Å². The SMILES string of the molecule is CNc1ccn(CCOCCO)c1C(N)=Nc1ccc(Oc2ccc(CCCn3ccnc3)cc2)c(Cl)c1. The van der Waals surface area contributed by atoms with Crippen molar-refractivity contribution in [2.45, 2.75) is 25.9 Å². The second kappa shape index (κ2) is 13.7. The minimum Gasteiger partial charge on any atom is -0.456 e. The number of aryl methyl sites for hydroxylation is 2. The fourth-order valence-corrected chi connectivity index (χ4v) is 4.26. The molecule has 4 rings (SSSR count). The third kappa shape index (κ3) is 7.38. The number of benzene rings is 2. The van der Waals surface area contributed by atoms with Gasteiger partial charge in [0.2, 0.25) is 0 Å². The van der Waals surface area contributed by atoms with Crippen molar-refractivity contribution in [3.63, 3.8) is 0 Å². The zero-order chi connectivity index (χ0) is 26.7. The van der Waals surface area contributed by atoms with Gasteiger partial charge in [-0.25, -0.2) is 9.98 Å². The number of hydrogen-bond acceptors (Lipinski definition) is 6. The number of aliphatic hydroxyl groups excluding tert-OH is 1. The average molecular weight is 537 g/mol. The maximum Gasteiger partial charge on any atom is 0.150 e. The lowest BCUT2D eigenvalue weighted by molar-refractivity contribution is 0.0870. The van der Waals surface area contributed by atoms with Gasteiger partial charge in [0.1, 0.15) is 23.0 Å². The first-order valence-electron chi connectivity index (χ1n) is 12.5. The maximum absolute atomic E-state index is 8.90. The number of nitrogens with one attached hydrogen (secondary N) is 1. The van der Waals surface area contributed by atoms with E-state index in [0.717, 1.165) is 30.8 Å². The van der Waals surface area contributed by atoms with Crippen molar-refractivity contribution in [1.29, 1.82) is 0 Å². The molecule has 0 unspecified atom stereocenters. The first kappa shape index (κ1) is 27.3. The van der Waals surface area contributed by atoms with E-state index in [1.54, 1.807) is 18.3 Å². The Hall–Kier alpha value is -3.79. The molecule has 10 heteroatoms. The zero-order valence-electron chi connectivity index (χ0n) is 21.4. The fourth-order valence-electron chi connectivity index (χ4n) is 4.05. The highest BCUT2D eigenvalue weighted by Gasteiger charge is 2.13. The molecular weight excluding hydrogens is 504 g/mol. The minimum absolute atomic E-state index is 0.0107. The molecule has 0 aliphatic carbocycles. The first-order valence-corrected chi connectivity index (χ1v) is 12.9. The standard InChI is InChI=1S/C28H33ClN6O3/c1-31-25-10-13-35(15-17-37-18-16-36)27(25)28(30)33-22-6-9-26(24(29)19-22)38-23-7-4-21(5-8-23)3-2-12-34-14-11-32-20-34/h4-11,13-14,19-20,31,36H,2-3,12,15-18H2,1H3,(H2,30,33). The summed E-state index contributed by atoms with van der Waals surface area (Å²) in [4.78, 5) is 8.66. The molecule has 0 bridgehead atoms. The summed E-state index contributed by atoms with van der Waals surface area (Å²) >= 11 is 6.53. The Balaban J connectivity index is 1.39. The lowest BCUT2D eigenvalue weighted by Gasteiger charge is -2.12. The van der Waals surface area contributed by atoms with Crippen LogP contribution in [0, 0.1) is 0 Å². The van der Waals surface area contributed by atoms with E-state index in [2.05, 4.69) is 32.0 Å². The summed E-state index contributed by atoms with van der Waals surface area (Å²) in [7, 11) is 1.83. The Kier molecular flexibility index (Phi) is 9.80. The predicted molar refractivity (Wildman–Crippen MR) is 151 cm³/mol. The number of hydrogen-bond donors (Lipinski definition) is 3. The Bertz CT molecular complexity index is 1320. The van der Waals surface area contributed by atoms with E-state index in [1.807, 2.05) is 54.6 Å². The summed E-state index contributed by atoms with van der Waals surface area (Å²) in [5, 5.41) is 12.5. The summed E-state index contributed by atoms with van der Waals surface area (Å²) in [6, 6.07) is 15.3. The average Bonchev–Trinajstić information content (AvgIpc) is 3.59. The lowest BCUT2D eigenvalue weighted by Crippen LogP contribution is -2.21. The van der Waals surface area contributed by atoms with Crippen molar-refractivity contribution in [3.05, 3.63) is 89.7 Å². The van der Waals surface area contributed by atoms with E-state index in [1.165, 1.54) is 5.56 Å². The number of aromatic nitrogens is 3. The summed E-state index contributed by atoms with van der Waals surface area (Å²) < 4.78 is 15.4. The second-order valence-electron chi connectivity index (χ2n) is 8.62. The molecule has 4 aromatic rings. The third-order valence-electron chi connectivity index (χ3n) is 5.94. The largest absolute Gasteiger partial charge is 0.456 e. The fraction of sp³-hybridized carbons (Fsp3) is 0.286. The molecule has 0 saturated heterocycles. The van der Waals surface area contributed by atoms with Crippen LogP contribution < -0.4 is 15.8 Å². The van der Waals surface area contributed by atoms with Crippen molar-refractivity contribution >= 4 is 28.8 Å². The van der Waals surface area contributed by atoms with Gasteiger partial charge in [-0.1, -0.05) is 23.7 Å². The molecule has 2 aromatic carbocycles. The molecule has 0 saturated carbocycles. The quantitative estimate of drug-likeness (QED) is 0.121. The van der Waals surface area contributed by atoms with E-state index in [4.69, 9.17) is 31.9 Å². The van der Waals surface area contributed by atoms with Gasteiger partial charge in [0.05, 0.1) is 42.5 Å². The van der Waals surface area contributed by atoms with Gasteiger partial charge >= 0.3 is 0 Å². The van der Waals surface area contributed by atoms with Crippen LogP contribution in [0.3, 0.4) is 0 Å². The number of aliphatic imine (C=N–C) groups is 1. The van der Waals surface area contributed by atoms with E-state index >= 15 is 0 Å². The third-order valence-corrected chi connectivity index (χ3v) is 6.24. The number of ether oxygens (including phenoxy) is 2. The predicted octanol–water partition coefficient (Wildman–Crippen LogP) is 4.85. The van der Waals surface area contributed by atoms with Crippen LogP contribution in [-0.2, 0) is 24.2 Å². The normalized spacial score (nSPS) is 11.6. The molecule has 2 aromatic heterocycles. The molecule has 2 heterocycles. The van der Waals surface area contributed by atoms with Gasteiger partial charge in [0.15, 0.2) is 0 Å². The lowest BCUT2D eigenvalue weighted by atomic mass is 10.1. The molecule has 0 radical (unpaired) electrons. The molecule has 0 atom stereocenters. The Morgan fingerprint density at radius 3 is 2.66 bits per heavy atom. The monoisotopic (exact) mass is 536 g/mol. The Labute approximate surface area is 227 Å². The number of nitrogens with zero attached hydrogens (tertiary/aromatic N) is 4. The molecule has 38 heavy (non-hydrogen) atoms. The van der Waals surface area contributed by atoms with Crippen molar-refractivity contribution in [1.82, 2.24) is 14.1 Å². The molecule has 0 aliphatic rings. The van der Waals surface area contributed by atoms with Crippen molar-refractivity contribution in [2.75, 3.05) is 32.2 Å². The molecule has 0 spiro atoms. The summed E-state index contributed by atoms with van der Waals surface area (Å²) in [5.41, 5.74) is 9.86. The number of nitrogens with two attached hydrogens (primary N) is 1. The van der Waals surface area contributed by atoms with E-state index < -0.39 is 0 Å². The molecule has 0 aliphatic heterocycles. The molecule has 200 valence electrons. The van der Waals surface area contributed by atoms with Crippen molar-refractivity contribution in [2.24, 2.45) is 10.7 Å². The van der Waals surface area contributed by atoms with Gasteiger partial charge in [-0.3, -0.25) is 0 Å². The molecule has 0 amide bonds. The number of aliphatic hydroxyl groups is 1. The Morgan fingerprint density at radius 2 is 1.95 bits per heavy atom. The second-order valence-corrected chi connectivity index (χ2v) is 9.03. The number of amidine groups is 1. The maximum atomic E-state index is 8.90. The van der Waals surface area contributed by atoms with Crippen LogP contribution in [0.1, 0.15) is 17.7 Å². The van der Waals surface area contributed by atoms with Gasteiger partial charge in [-0.05, 0) is 54.8 Å². The van der Waals surface area contributed by atoms with E-state index in [-0.39, 0.29) is 6.61 Å². The van der Waals surface area contributed by atoms with Gasteiger partial charge in [-0.15, -0.1) is 0 Å². The number of halogens is 1. The van der Waals surface area contributed by atoms with Crippen molar-refractivity contribution < 1.29 is 14.6 Å². The molecular formula is C28H33ClN6O3. The smallest absolute Gasteiger partial charge is 0.150 e. The highest BCUT2D eigenvalue weighted by atomic mass is 35.5. The van der Waals surface area contributed by atoms with Crippen LogP contribution >= 0.6 is 11.6 Å². The van der Waals surface area contributed by atoms with Crippen LogP contribution in [0.15, 0.2) is 78.4 Å². The Morgan fingerprint density at radius 1 is 1.11 bits per heavy atom. The summed E-state index contributed by atoms with van der Waals surface area (Å²) in [5.74, 6) is 1.59. The topological polar surface area (TPSA) is 112 Å². The first-order chi connectivity index (χ1) is 18.6. The van der Waals surface area contributed by atoms with Crippen LogP contribution in [0.2, 0.25) is 5.02 Å². The molecule has 0 fully saturated rings. The highest BCUT2D eigenvalue weighted by Crippen LogP contribution is 2.33. The van der Waals surface area contributed by atoms with Gasteiger partial charge < -0.3 is 34.8 Å². The summed E-state index contributed by atoms with van der Waals surface area (Å²) in [6.07, 6.45) is 9.53. The minimum atomic E-state index is -0.0107. The van der Waals surface area contributed by atoms with Gasteiger partial charge in [0, 0.05) is 38.7 Å². The highest BCUT2D eigenvalue weighted by molar-refractivity contribution is 6.32. The van der Waals surface area contributed by atoms with Gasteiger partial charge in [0.25, 0.3) is 0 Å². The molecule has 9 nitrogen and oxygen atoms in total. The number of imidazole rings is 1. The van der Waals surface area contributed by atoms with Crippen molar-refractivity contribution in [3.8, 4) is 11.5 Å². The van der Waals surface area contributed by atoms with E-state index in [0.29, 0.717) is 47.8 Å². The molecule has 4 N–H and O–H groups in total. The van der Waals surface area contributed by atoms with Crippen LogP contribution in [0.25, 0.3) is 0 Å². The van der Waals surface area contributed by atoms with Crippen LogP contribution in [0.4, 0.5) is 11.4 Å². The zero-order valence-corrected chi connectivity index (χ0v) is 22.1. The summed E-state index contributed by atoms with van der Waals surface area (Å²) in [6.45, 7) is 2.24. The number of rotatable bonds is 14. The number of anilines is 1.